The van der Waals surface area contributed by atoms with Crippen molar-refractivity contribution in [1.29, 1.82) is 0 Å². The number of hydrogen-bond acceptors (Lipinski definition) is 1. The fourth-order valence-corrected chi connectivity index (χ4v) is 0.557. The van der Waals surface area contributed by atoms with Crippen molar-refractivity contribution in [2.45, 2.75) is 13.3 Å². The van der Waals surface area contributed by atoms with E-state index in [4.69, 9.17) is 3.50 Å². The van der Waals surface area contributed by atoms with Gasteiger partial charge in [-0.25, -0.2) is 0 Å². The van der Waals surface area contributed by atoms with Crippen LogP contribution in [0.3, 0.4) is 0 Å². The van der Waals surface area contributed by atoms with Gasteiger partial charge in [0.05, 0.1) is 0 Å². The van der Waals surface area contributed by atoms with E-state index in [0.717, 1.165) is 13.0 Å². The molecule has 0 bridgehead atoms. The van der Waals surface area contributed by atoms with Crippen LogP contribution in [0.25, 0.3) is 0 Å². The topological polar surface area (TPSA) is 9.23 Å². The Morgan fingerprint density at radius 3 is 2.40 bits per heavy atom. The zero-order valence-corrected chi connectivity index (χ0v) is 5.55. The zero-order chi connectivity index (χ0) is 4.12. The van der Waals surface area contributed by atoms with Gasteiger partial charge in [-0.2, -0.15) is 0 Å². The van der Waals surface area contributed by atoms with Crippen LogP contribution in [0.15, 0.2) is 0 Å². The Kier molecular flexibility index (Phi) is 5.17. The summed E-state index contributed by atoms with van der Waals surface area (Å²) < 4.78 is 4.69. The third-order valence-electron chi connectivity index (χ3n) is 0.272. The van der Waals surface area contributed by atoms with Gasteiger partial charge in [0, 0.05) is 0 Å². The van der Waals surface area contributed by atoms with Gasteiger partial charge in [0.25, 0.3) is 0 Å². The standard InChI is InChI=1S/C3H7O.Ir/c1-2-3-4;/h2-3H2,1H3;/q-1;+1. The van der Waals surface area contributed by atoms with E-state index >= 15 is 0 Å². The van der Waals surface area contributed by atoms with Crippen molar-refractivity contribution in [2.75, 3.05) is 6.61 Å². The molecular formula is C3H7IrO. The second-order valence-corrected chi connectivity index (χ2v) is 1.49. The third-order valence-corrected chi connectivity index (χ3v) is 0.761. The first-order valence-electron chi connectivity index (χ1n) is 1.63. The summed E-state index contributed by atoms with van der Waals surface area (Å²) in [5.74, 6) is 0. The molecule has 2 heteroatoms. The summed E-state index contributed by atoms with van der Waals surface area (Å²) in [7, 11) is 0. The predicted octanol–water partition coefficient (Wildman–Crippen LogP) is 0.875. The van der Waals surface area contributed by atoms with Gasteiger partial charge in [-0.05, 0) is 0 Å². The summed E-state index contributed by atoms with van der Waals surface area (Å²) in [6.07, 6.45) is 1.12. The summed E-state index contributed by atoms with van der Waals surface area (Å²) in [6, 6.07) is 0. The fourth-order valence-electron chi connectivity index (χ4n) is 0.0680. The summed E-state index contributed by atoms with van der Waals surface area (Å²) in [4.78, 5) is 0. The molecule has 0 saturated heterocycles. The quantitative estimate of drug-likeness (QED) is 0.708. The first-order chi connectivity index (χ1) is 2.41. The zero-order valence-electron chi connectivity index (χ0n) is 3.16. The molecule has 0 amide bonds. The van der Waals surface area contributed by atoms with E-state index in [1.165, 1.54) is 0 Å². The molecule has 0 aromatic heterocycles. The normalized spacial score (nSPS) is 8.60. The maximum atomic E-state index is 4.69. The molecule has 0 radical (unpaired) electrons. The molecule has 0 aliphatic carbocycles. The van der Waals surface area contributed by atoms with E-state index in [9.17, 15) is 0 Å². The van der Waals surface area contributed by atoms with Crippen molar-refractivity contribution in [3.63, 3.8) is 0 Å². The van der Waals surface area contributed by atoms with Crippen LogP contribution in [0.4, 0.5) is 0 Å². The third kappa shape index (κ3) is 4.61. The average molecular weight is 251 g/mol. The van der Waals surface area contributed by atoms with E-state index in [1.54, 1.807) is 19.3 Å². The van der Waals surface area contributed by atoms with Gasteiger partial charge in [-0.1, -0.05) is 0 Å². The minimum absolute atomic E-state index is 0.889. The van der Waals surface area contributed by atoms with Crippen LogP contribution in [-0.4, -0.2) is 6.61 Å². The summed E-state index contributed by atoms with van der Waals surface area (Å²) in [6.45, 7) is 2.98. The Morgan fingerprint density at radius 2 is 2.40 bits per heavy atom. The SMILES string of the molecule is CCC[O][Ir]. The Labute approximate surface area is 43.3 Å². The minimum atomic E-state index is 0.889. The van der Waals surface area contributed by atoms with Gasteiger partial charge in [0.15, 0.2) is 0 Å². The molecule has 5 heavy (non-hydrogen) atoms. The Bertz CT molecular complexity index is 14.4. The van der Waals surface area contributed by atoms with E-state index in [1.807, 2.05) is 0 Å². The van der Waals surface area contributed by atoms with Gasteiger partial charge >= 0.3 is 42.7 Å². The molecule has 0 rings (SSSR count). The number of hydrogen-bond donors (Lipinski definition) is 0. The van der Waals surface area contributed by atoms with Crippen molar-refractivity contribution >= 4 is 0 Å². The van der Waals surface area contributed by atoms with Crippen LogP contribution >= 0.6 is 0 Å². The summed E-state index contributed by atoms with van der Waals surface area (Å²) in [5.41, 5.74) is 0. The maximum absolute atomic E-state index is 4.69. The molecule has 0 spiro atoms. The van der Waals surface area contributed by atoms with Crippen LogP contribution in [0.5, 0.6) is 0 Å². The molecule has 0 heterocycles. The predicted molar refractivity (Wildman–Crippen MR) is 16.2 cm³/mol. The van der Waals surface area contributed by atoms with Crippen LogP contribution in [0.2, 0.25) is 0 Å². The van der Waals surface area contributed by atoms with Crippen LogP contribution in [-0.2, 0) is 22.8 Å². The molecule has 0 atom stereocenters. The number of rotatable bonds is 2. The van der Waals surface area contributed by atoms with Crippen LogP contribution in [0.1, 0.15) is 13.3 Å². The monoisotopic (exact) mass is 252 g/mol. The first kappa shape index (κ1) is 5.61. The van der Waals surface area contributed by atoms with E-state index < -0.39 is 0 Å². The molecular weight excluding hydrogens is 244 g/mol. The fraction of sp³-hybridized carbons (Fsp3) is 1.00. The Balaban J connectivity index is 2.19. The van der Waals surface area contributed by atoms with Crippen molar-refractivity contribution < 1.29 is 22.8 Å². The molecule has 1 nitrogen and oxygen atoms in total. The molecule has 0 aliphatic rings. The van der Waals surface area contributed by atoms with Crippen molar-refractivity contribution in [1.82, 2.24) is 0 Å². The van der Waals surface area contributed by atoms with Crippen molar-refractivity contribution in [2.24, 2.45) is 0 Å². The van der Waals surface area contributed by atoms with Gasteiger partial charge in [-0.15, -0.1) is 0 Å². The van der Waals surface area contributed by atoms with Gasteiger partial charge < -0.3 is 0 Å². The molecule has 34 valence electrons. The van der Waals surface area contributed by atoms with Gasteiger partial charge in [-0.3, -0.25) is 0 Å². The van der Waals surface area contributed by atoms with Crippen LogP contribution in [0, 0.1) is 0 Å². The second-order valence-electron chi connectivity index (χ2n) is 0.800. The van der Waals surface area contributed by atoms with E-state index in [0.29, 0.717) is 0 Å². The van der Waals surface area contributed by atoms with Crippen molar-refractivity contribution in [3.8, 4) is 0 Å². The van der Waals surface area contributed by atoms with Gasteiger partial charge in [0.2, 0.25) is 0 Å². The second kappa shape index (κ2) is 4.61. The molecule has 0 fully saturated rings. The van der Waals surface area contributed by atoms with Crippen molar-refractivity contribution in [3.05, 3.63) is 0 Å². The van der Waals surface area contributed by atoms with E-state index in [2.05, 4.69) is 6.92 Å². The Hall–Kier alpha value is 0.609. The first-order valence-corrected chi connectivity index (χ1v) is 2.61. The molecule has 0 aliphatic heterocycles. The van der Waals surface area contributed by atoms with E-state index in [-0.39, 0.29) is 0 Å². The van der Waals surface area contributed by atoms with Crippen LogP contribution < -0.4 is 0 Å². The average Bonchev–Trinajstić information content (AvgIpc) is 1.41. The molecule has 0 N–H and O–H groups in total. The Morgan fingerprint density at radius 1 is 1.80 bits per heavy atom. The molecule has 0 unspecified atom stereocenters. The summed E-state index contributed by atoms with van der Waals surface area (Å²) >= 11 is 1.71. The molecule has 0 aromatic carbocycles. The summed E-state index contributed by atoms with van der Waals surface area (Å²) in [5, 5.41) is 0. The van der Waals surface area contributed by atoms with Gasteiger partial charge in [0.1, 0.15) is 0 Å². The molecule has 0 saturated carbocycles. The molecule has 0 aromatic rings.